The van der Waals surface area contributed by atoms with E-state index in [9.17, 15) is 14.7 Å². The average Bonchev–Trinajstić information content (AvgIpc) is 2.85. The molecule has 3 amide bonds. The molecule has 1 aromatic rings. The van der Waals surface area contributed by atoms with Gasteiger partial charge in [-0.25, -0.2) is 4.79 Å². The maximum Gasteiger partial charge on any atom is 0.325 e. The van der Waals surface area contributed by atoms with Crippen molar-refractivity contribution < 1.29 is 19.4 Å². The number of hydrogen-bond donors (Lipinski definition) is 2. The Kier molecular flexibility index (Phi) is 5.47. The van der Waals surface area contributed by atoms with Gasteiger partial charge in [-0.2, -0.15) is 0 Å². The summed E-state index contributed by atoms with van der Waals surface area (Å²) in [5.41, 5.74) is 1.30. The number of aryl methyl sites for hydroxylation is 2. The fourth-order valence-corrected chi connectivity index (χ4v) is 4.53. The Balaban J connectivity index is 1.64. The van der Waals surface area contributed by atoms with Gasteiger partial charge in [0.2, 0.25) is 0 Å². The van der Waals surface area contributed by atoms with E-state index in [1.165, 1.54) is 0 Å². The predicted octanol–water partition coefficient (Wildman–Crippen LogP) is 2.79. The fourth-order valence-electron chi connectivity index (χ4n) is 4.53. The molecule has 3 unspecified atom stereocenters. The Labute approximate surface area is 160 Å². The number of imide groups is 1. The van der Waals surface area contributed by atoms with Crippen LogP contribution in [0.2, 0.25) is 0 Å². The van der Waals surface area contributed by atoms with Crippen LogP contribution in [0.4, 0.5) is 4.79 Å². The molecule has 0 aromatic heterocycles. The Hall–Kier alpha value is -2.08. The number of benzene rings is 1. The number of aliphatic hydroxyl groups excluding tert-OH is 1. The van der Waals surface area contributed by atoms with E-state index in [2.05, 4.69) is 5.32 Å². The van der Waals surface area contributed by atoms with E-state index in [1.807, 2.05) is 45.9 Å². The summed E-state index contributed by atoms with van der Waals surface area (Å²) in [6.45, 7) is 7.97. The van der Waals surface area contributed by atoms with Gasteiger partial charge in [0.05, 0.1) is 6.54 Å². The van der Waals surface area contributed by atoms with Crippen LogP contribution >= 0.6 is 0 Å². The Morgan fingerprint density at radius 3 is 2.56 bits per heavy atom. The minimum absolute atomic E-state index is 0.0269. The number of β-amino-alcohol motifs (C(OH)–C–C–N with tert-alkyl or cyclic N) is 1. The number of rotatable bonds is 5. The molecule has 1 aliphatic heterocycles. The van der Waals surface area contributed by atoms with Crippen molar-refractivity contribution in [3.8, 4) is 5.75 Å². The number of aliphatic hydroxyl groups is 1. The van der Waals surface area contributed by atoms with Crippen molar-refractivity contribution in [1.82, 2.24) is 10.2 Å². The molecule has 3 atom stereocenters. The summed E-state index contributed by atoms with van der Waals surface area (Å²) in [5.74, 6) is 0.665. The van der Waals surface area contributed by atoms with Crippen LogP contribution < -0.4 is 10.1 Å². The van der Waals surface area contributed by atoms with Gasteiger partial charge in [-0.15, -0.1) is 0 Å². The highest BCUT2D eigenvalue weighted by atomic mass is 16.5. The van der Waals surface area contributed by atoms with Crippen molar-refractivity contribution >= 4 is 11.9 Å². The lowest BCUT2D eigenvalue weighted by Crippen LogP contribution is -2.59. The van der Waals surface area contributed by atoms with E-state index in [-0.39, 0.29) is 30.9 Å². The third kappa shape index (κ3) is 3.55. The van der Waals surface area contributed by atoms with Gasteiger partial charge in [-0.05, 0) is 50.2 Å². The third-order valence-electron chi connectivity index (χ3n) is 6.14. The number of urea groups is 1. The third-order valence-corrected chi connectivity index (χ3v) is 6.14. The van der Waals surface area contributed by atoms with Crippen molar-refractivity contribution in [3.05, 3.63) is 29.3 Å². The van der Waals surface area contributed by atoms with Crippen molar-refractivity contribution in [2.45, 2.75) is 58.6 Å². The van der Waals surface area contributed by atoms with E-state index < -0.39 is 17.7 Å². The Morgan fingerprint density at radius 1 is 1.26 bits per heavy atom. The van der Waals surface area contributed by atoms with Crippen molar-refractivity contribution in [1.29, 1.82) is 0 Å². The van der Waals surface area contributed by atoms with Crippen molar-refractivity contribution in [2.75, 3.05) is 13.2 Å². The summed E-state index contributed by atoms with van der Waals surface area (Å²) in [7, 11) is 0. The van der Waals surface area contributed by atoms with Crippen LogP contribution in [0.25, 0.3) is 0 Å². The largest absolute Gasteiger partial charge is 0.491 e. The smallest absolute Gasteiger partial charge is 0.325 e. The van der Waals surface area contributed by atoms with Crippen LogP contribution in [-0.2, 0) is 4.79 Å². The molecule has 148 valence electrons. The fraction of sp³-hybridized carbons (Fsp3) is 0.619. The quantitative estimate of drug-likeness (QED) is 0.777. The van der Waals surface area contributed by atoms with E-state index in [4.69, 9.17) is 4.74 Å². The molecular weight excluding hydrogens is 344 g/mol. The molecule has 2 N–H and O–H groups in total. The molecular formula is C21H30N2O4. The molecule has 2 fully saturated rings. The monoisotopic (exact) mass is 374 g/mol. The zero-order chi connectivity index (χ0) is 19.8. The lowest BCUT2D eigenvalue weighted by Gasteiger charge is -2.42. The first-order valence-electron chi connectivity index (χ1n) is 9.78. The topological polar surface area (TPSA) is 78.9 Å². The SMILES string of the molecule is Cc1ccc(OCC(O)CN2C(=O)NC3(C2=O)C(C)CCCC3C)c(C)c1. The maximum atomic E-state index is 13.1. The van der Waals surface area contributed by atoms with Gasteiger partial charge in [-0.3, -0.25) is 9.69 Å². The number of ether oxygens (including phenoxy) is 1. The first kappa shape index (κ1) is 19.7. The highest BCUT2D eigenvalue weighted by Crippen LogP contribution is 2.42. The maximum absolute atomic E-state index is 13.1. The molecule has 6 heteroatoms. The molecule has 27 heavy (non-hydrogen) atoms. The second-order valence-electron chi connectivity index (χ2n) is 8.18. The molecule has 1 aliphatic carbocycles. The number of carbonyl (C=O) groups is 2. The standard InChI is InChI=1S/C21H30N2O4/c1-13-8-9-18(14(2)10-13)27-12-17(24)11-23-19(25)21(22-20(23)26)15(3)6-5-7-16(21)4/h8-10,15-17,24H,5-7,11-12H2,1-4H3,(H,22,26). The van der Waals surface area contributed by atoms with Gasteiger partial charge in [-0.1, -0.05) is 38.0 Å². The number of carbonyl (C=O) groups excluding carboxylic acids is 2. The number of hydrogen-bond acceptors (Lipinski definition) is 4. The van der Waals surface area contributed by atoms with Gasteiger partial charge in [0.15, 0.2) is 0 Å². The predicted molar refractivity (Wildman–Crippen MR) is 103 cm³/mol. The van der Waals surface area contributed by atoms with Crippen LogP contribution in [0.5, 0.6) is 5.75 Å². The summed E-state index contributed by atoms with van der Waals surface area (Å²) in [5, 5.41) is 13.3. The van der Waals surface area contributed by atoms with E-state index >= 15 is 0 Å². The molecule has 1 spiro atoms. The molecule has 1 heterocycles. The molecule has 0 bridgehead atoms. The lowest BCUT2D eigenvalue weighted by molar-refractivity contribution is -0.137. The van der Waals surface area contributed by atoms with Gasteiger partial charge in [0.1, 0.15) is 24.0 Å². The molecule has 0 radical (unpaired) electrons. The number of nitrogens with one attached hydrogen (secondary N) is 1. The van der Waals surface area contributed by atoms with Crippen LogP contribution in [0, 0.1) is 25.7 Å². The molecule has 3 rings (SSSR count). The van der Waals surface area contributed by atoms with Gasteiger partial charge < -0.3 is 15.2 Å². The van der Waals surface area contributed by atoms with Crippen LogP contribution in [0.15, 0.2) is 18.2 Å². The summed E-state index contributed by atoms with van der Waals surface area (Å²) in [6, 6.07) is 5.41. The lowest BCUT2D eigenvalue weighted by atomic mass is 9.67. The first-order chi connectivity index (χ1) is 12.8. The van der Waals surface area contributed by atoms with Crippen LogP contribution in [0.1, 0.15) is 44.2 Å². The summed E-state index contributed by atoms with van der Waals surface area (Å²) < 4.78 is 5.69. The summed E-state index contributed by atoms with van der Waals surface area (Å²) in [6.07, 6.45) is 1.97. The van der Waals surface area contributed by atoms with Crippen molar-refractivity contribution in [2.24, 2.45) is 11.8 Å². The molecule has 2 aliphatic rings. The molecule has 1 saturated heterocycles. The Morgan fingerprint density at radius 2 is 1.93 bits per heavy atom. The van der Waals surface area contributed by atoms with E-state index in [1.54, 1.807) is 0 Å². The summed E-state index contributed by atoms with van der Waals surface area (Å²) >= 11 is 0. The van der Waals surface area contributed by atoms with Crippen LogP contribution in [0.3, 0.4) is 0 Å². The first-order valence-corrected chi connectivity index (χ1v) is 9.78. The minimum Gasteiger partial charge on any atom is -0.491 e. The van der Waals surface area contributed by atoms with Crippen LogP contribution in [-0.4, -0.2) is 46.7 Å². The van der Waals surface area contributed by atoms with Gasteiger partial charge in [0, 0.05) is 0 Å². The molecule has 1 aromatic carbocycles. The number of nitrogens with zero attached hydrogens (tertiary/aromatic N) is 1. The zero-order valence-corrected chi connectivity index (χ0v) is 16.6. The van der Waals surface area contributed by atoms with Crippen molar-refractivity contribution in [3.63, 3.8) is 0 Å². The molecule has 6 nitrogen and oxygen atoms in total. The van der Waals surface area contributed by atoms with E-state index in [0.29, 0.717) is 5.75 Å². The average molecular weight is 374 g/mol. The second-order valence-corrected chi connectivity index (χ2v) is 8.18. The van der Waals surface area contributed by atoms with Gasteiger partial charge >= 0.3 is 6.03 Å². The highest BCUT2D eigenvalue weighted by Gasteiger charge is 2.58. The van der Waals surface area contributed by atoms with E-state index in [0.717, 1.165) is 35.3 Å². The second kappa shape index (κ2) is 7.50. The normalized spacial score (nSPS) is 29.1. The molecule has 1 saturated carbocycles. The highest BCUT2D eigenvalue weighted by molar-refractivity contribution is 6.07. The Bertz CT molecular complexity index is 723. The zero-order valence-electron chi connectivity index (χ0n) is 16.6. The van der Waals surface area contributed by atoms with Gasteiger partial charge in [0.25, 0.3) is 5.91 Å². The summed E-state index contributed by atoms with van der Waals surface area (Å²) in [4.78, 5) is 26.8. The number of amides is 3. The minimum atomic E-state index is -0.940.